The molecule has 0 radical (unpaired) electrons. The van der Waals surface area contributed by atoms with Crippen LogP contribution in [0.25, 0.3) is 10.2 Å². The number of hydrogen-bond acceptors (Lipinski definition) is 6. The van der Waals surface area contributed by atoms with Gasteiger partial charge >= 0.3 is 0 Å². The van der Waals surface area contributed by atoms with Crippen LogP contribution in [0.1, 0.15) is 29.1 Å². The number of aryl methyl sites for hydroxylation is 3. The van der Waals surface area contributed by atoms with Crippen LogP contribution in [-0.2, 0) is 4.79 Å². The topological polar surface area (TPSA) is 70.2 Å². The van der Waals surface area contributed by atoms with Crippen LogP contribution >= 0.6 is 11.3 Å². The number of amides is 1. The number of thiophene rings is 1. The first kappa shape index (κ1) is 18.6. The molecule has 0 aromatic carbocycles. The molecule has 0 spiro atoms. The van der Waals surface area contributed by atoms with Gasteiger partial charge in [-0.2, -0.15) is 0 Å². The summed E-state index contributed by atoms with van der Waals surface area (Å²) in [6, 6.07) is 0. The van der Waals surface area contributed by atoms with E-state index in [2.05, 4.69) is 53.4 Å². The summed E-state index contributed by atoms with van der Waals surface area (Å²) in [5.74, 6) is 1.46. The van der Waals surface area contributed by atoms with Crippen molar-refractivity contribution in [1.29, 1.82) is 0 Å². The standard InChI is InChI=1S/C17H27N5OS/c1-11-12(2)24-17-15(11)16(20-13(3)21-17)19-10-14(23)18-8-6-7-9-22(4)5/h6-10H2,1-5H3,(H,18,23)(H,19,20,21). The molecule has 24 heavy (non-hydrogen) atoms. The van der Waals surface area contributed by atoms with Crippen LogP contribution in [0, 0.1) is 20.8 Å². The fourth-order valence-corrected chi connectivity index (χ4v) is 3.57. The molecule has 2 aromatic rings. The molecule has 0 fully saturated rings. The van der Waals surface area contributed by atoms with Crippen molar-refractivity contribution in [3.8, 4) is 0 Å². The number of nitrogens with zero attached hydrogens (tertiary/aromatic N) is 3. The molecule has 0 saturated carbocycles. The number of fused-ring (bicyclic) bond motifs is 1. The summed E-state index contributed by atoms with van der Waals surface area (Å²) in [6.45, 7) is 8.02. The van der Waals surface area contributed by atoms with Crippen LogP contribution < -0.4 is 10.6 Å². The second-order valence-corrected chi connectivity index (χ2v) is 7.50. The Morgan fingerprint density at radius 2 is 1.92 bits per heavy atom. The van der Waals surface area contributed by atoms with E-state index in [9.17, 15) is 4.79 Å². The molecular formula is C17H27N5OS. The Kier molecular flexibility index (Phi) is 6.51. The van der Waals surface area contributed by atoms with Crippen molar-refractivity contribution in [3.05, 3.63) is 16.3 Å². The van der Waals surface area contributed by atoms with Gasteiger partial charge in [0, 0.05) is 11.4 Å². The van der Waals surface area contributed by atoms with Crippen molar-refractivity contribution >= 4 is 33.3 Å². The number of rotatable bonds is 8. The number of nitrogens with one attached hydrogen (secondary N) is 2. The summed E-state index contributed by atoms with van der Waals surface area (Å²) in [7, 11) is 4.11. The fourth-order valence-electron chi connectivity index (χ4n) is 2.49. The Hall–Kier alpha value is -1.73. The molecule has 0 atom stereocenters. The fraction of sp³-hybridized carbons (Fsp3) is 0.588. The van der Waals surface area contributed by atoms with E-state index in [1.165, 1.54) is 10.4 Å². The second-order valence-electron chi connectivity index (χ2n) is 6.30. The molecule has 6 nitrogen and oxygen atoms in total. The predicted octanol–water partition coefficient (Wildman–Crippen LogP) is 2.49. The van der Waals surface area contributed by atoms with E-state index in [0.717, 1.165) is 41.2 Å². The maximum Gasteiger partial charge on any atom is 0.239 e. The lowest BCUT2D eigenvalue weighted by Crippen LogP contribution is -2.31. The molecule has 1 amide bonds. The van der Waals surface area contributed by atoms with E-state index in [1.54, 1.807) is 11.3 Å². The van der Waals surface area contributed by atoms with Crippen molar-refractivity contribution in [2.24, 2.45) is 0 Å². The minimum Gasteiger partial charge on any atom is -0.360 e. The van der Waals surface area contributed by atoms with Gasteiger partial charge in [0.1, 0.15) is 16.5 Å². The molecule has 0 saturated heterocycles. The van der Waals surface area contributed by atoms with Gasteiger partial charge in [0.15, 0.2) is 0 Å². The van der Waals surface area contributed by atoms with Crippen LogP contribution in [0.5, 0.6) is 0 Å². The Labute approximate surface area is 147 Å². The zero-order chi connectivity index (χ0) is 17.7. The molecular weight excluding hydrogens is 322 g/mol. The van der Waals surface area contributed by atoms with Gasteiger partial charge in [0.2, 0.25) is 5.91 Å². The van der Waals surface area contributed by atoms with E-state index in [1.807, 2.05) is 6.92 Å². The Bertz CT molecular complexity index is 711. The van der Waals surface area contributed by atoms with Gasteiger partial charge in [-0.05, 0) is 59.8 Å². The summed E-state index contributed by atoms with van der Waals surface area (Å²) in [5.41, 5.74) is 1.18. The molecule has 0 bridgehead atoms. The van der Waals surface area contributed by atoms with Crippen molar-refractivity contribution in [3.63, 3.8) is 0 Å². The van der Waals surface area contributed by atoms with Crippen molar-refractivity contribution in [2.75, 3.05) is 39.0 Å². The van der Waals surface area contributed by atoms with E-state index >= 15 is 0 Å². The summed E-state index contributed by atoms with van der Waals surface area (Å²) in [5, 5.41) is 7.15. The summed E-state index contributed by atoms with van der Waals surface area (Å²) in [6.07, 6.45) is 2.07. The summed E-state index contributed by atoms with van der Waals surface area (Å²) < 4.78 is 0. The molecule has 0 unspecified atom stereocenters. The molecule has 132 valence electrons. The van der Waals surface area contributed by atoms with Gasteiger partial charge in [0.05, 0.1) is 11.9 Å². The van der Waals surface area contributed by atoms with E-state index in [4.69, 9.17) is 0 Å². The molecule has 0 aliphatic rings. The zero-order valence-electron chi connectivity index (χ0n) is 15.2. The van der Waals surface area contributed by atoms with Crippen LogP contribution in [0.15, 0.2) is 0 Å². The highest BCUT2D eigenvalue weighted by Crippen LogP contribution is 2.32. The second kappa shape index (κ2) is 8.39. The molecule has 2 N–H and O–H groups in total. The third kappa shape index (κ3) is 4.88. The Morgan fingerprint density at radius 1 is 1.17 bits per heavy atom. The van der Waals surface area contributed by atoms with Crippen molar-refractivity contribution < 1.29 is 4.79 Å². The van der Waals surface area contributed by atoms with Gasteiger partial charge in [-0.15, -0.1) is 11.3 Å². The third-order valence-corrected chi connectivity index (χ3v) is 5.01. The van der Waals surface area contributed by atoms with Crippen LogP contribution in [0.2, 0.25) is 0 Å². The van der Waals surface area contributed by atoms with Crippen molar-refractivity contribution in [1.82, 2.24) is 20.2 Å². The number of carbonyl (C=O) groups is 1. The molecule has 0 aliphatic heterocycles. The number of anilines is 1. The number of unbranched alkanes of at least 4 members (excludes halogenated alkanes) is 1. The molecule has 2 aromatic heterocycles. The number of carbonyl (C=O) groups excluding carboxylic acids is 1. The van der Waals surface area contributed by atoms with Gasteiger partial charge in [0.25, 0.3) is 0 Å². The molecule has 2 rings (SSSR count). The Balaban J connectivity index is 1.90. The lowest BCUT2D eigenvalue weighted by Gasteiger charge is -2.11. The smallest absolute Gasteiger partial charge is 0.239 e. The van der Waals surface area contributed by atoms with Gasteiger partial charge in [-0.1, -0.05) is 0 Å². The maximum absolute atomic E-state index is 12.0. The van der Waals surface area contributed by atoms with Gasteiger partial charge in [-0.3, -0.25) is 4.79 Å². The van der Waals surface area contributed by atoms with E-state index < -0.39 is 0 Å². The molecule has 0 aliphatic carbocycles. The average molecular weight is 350 g/mol. The first-order chi connectivity index (χ1) is 11.4. The van der Waals surface area contributed by atoms with Gasteiger partial charge in [-0.25, -0.2) is 9.97 Å². The minimum absolute atomic E-state index is 0.00567. The summed E-state index contributed by atoms with van der Waals surface area (Å²) >= 11 is 1.67. The highest BCUT2D eigenvalue weighted by atomic mass is 32.1. The number of hydrogen-bond donors (Lipinski definition) is 2. The zero-order valence-corrected chi connectivity index (χ0v) is 16.0. The first-order valence-corrected chi connectivity index (χ1v) is 9.09. The number of aromatic nitrogens is 2. The highest BCUT2D eigenvalue weighted by molar-refractivity contribution is 7.18. The maximum atomic E-state index is 12.0. The minimum atomic E-state index is -0.00567. The van der Waals surface area contributed by atoms with Crippen LogP contribution in [0.3, 0.4) is 0 Å². The SMILES string of the molecule is Cc1nc(NCC(=O)NCCCCN(C)C)c2c(C)c(C)sc2n1. The van der Waals surface area contributed by atoms with E-state index in [0.29, 0.717) is 6.54 Å². The highest BCUT2D eigenvalue weighted by Gasteiger charge is 2.14. The lowest BCUT2D eigenvalue weighted by atomic mass is 10.2. The van der Waals surface area contributed by atoms with E-state index in [-0.39, 0.29) is 12.5 Å². The lowest BCUT2D eigenvalue weighted by molar-refractivity contribution is -0.119. The first-order valence-electron chi connectivity index (χ1n) is 8.28. The normalized spacial score (nSPS) is 11.2. The quantitative estimate of drug-likeness (QED) is 0.717. The third-order valence-electron chi connectivity index (χ3n) is 3.91. The largest absolute Gasteiger partial charge is 0.360 e. The molecule has 7 heteroatoms. The average Bonchev–Trinajstić information content (AvgIpc) is 2.78. The predicted molar refractivity (Wildman–Crippen MR) is 101 cm³/mol. The van der Waals surface area contributed by atoms with Crippen LogP contribution in [-0.4, -0.2) is 54.5 Å². The Morgan fingerprint density at radius 3 is 2.62 bits per heavy atom. The molecule has 2 heterocycles. The monoisotopic (exact) mass is 349 g/mol. The van der Waals surface area contributed by atoms with Crippen molar-refractivity contribution in [2.45, 2.75) is 33.6 Å². The summed E-state index contributed by atoms with van der Waals surface area (Å²) in [4.78, 5) is 25.3. The van der Waals surface area contributed by atoms with Gasteiger partial charge < -0.3 is 15.5 Å². The van der Waals surface area contributed by atoms with Crippen LogP contribution in [0.4, 0.5) is 5.82 Å².